The largest absolute Gasteiger partial charge is 0.452 e. The molecule has 0 unspecified atom stereocenters. The number of hydrogen-bond acceptors (Lipinski definition) is 4. The third kappa shape index (κ3) is 5.53. The topological polar surface area (TPSA) is 79.2 Å². The standard InChI is InChI=1S/C15H18N2O3/c1-2-3-4-8-17-14(18)11-20-15(19)13-7-5-6-12(9-13)10-16/h5-7,9H,2-4,8,11H2,1H3,(H,17,18). The fraction of sp³-hybridized carbons (Fsp3) is 0.400. The van der Waals surface area contributed by atoms with Gasteiger partial charge in [0, 0.05) is 6.54 Å². The number of ether oxygens (including phenoxy) is 1. The monoisotopic (exact) mass is 274 g/mol. The summed E-state index contributed by atoms with van der Waals surface area (Å²) in [5.41, 5.74) is 0.645. The van der Waals surface area contributed by atoms with Crippen molar-refractivity contribution in [3.8, 4) is 6.07 Å². The van der Waals surface area contributed by atoms with E-state index in [0.717, 1.165) is 19.3 Å². The number of carbonyl (C=O) groups excluding carboxylic acids is 2. The number of hydrogen-bond donors (Lipinski definition) is 1. The van der Waals surface area contributed by atoms with Crippen LogP contribution in [0.5, 0.6) is 0 Å². The molecule has 1 rings (SSSR count). The summed E-state index contributed by atoms with van der Waals surface area (Å²) in [7, 11) is 0. The number of benzene rings is 1. The zero-order valence-corrected chi connectivity index (χ0v) is 11.5. The smallest absolute Gasteiger partial charge is 0.338 e. The molecule has 1 aromatic carbocycles. The van der Waals surface area contributed by atoms with Crippen molar-refractivity contribution in [2.45, 2.75) is 26.2 Å². The van der Waals surface area contributed by atoms with Gasteiger partial charge in [0.25, 0.3) is 5.91 Å². The molecule has 0 radical (unpaired) electrons. The lowest BCUT2D eigenvalue weighted by Gasteiger charge is -2.06. The van der Waals surface area contributed by atoms with Crippen LogP contribution in [0.3, 0.4) is 0 Å². The number of esters is 1. The summed E-state index contributed by atoms with van der Waals surface area (Å²) in [4.78, 5) is 23.1. The van der Waals surface area contributed by atoms with Crippen LogP contribution in [-0.4, -0.2) is 25.0 Å². The first-order chi connectivity index (χ1) is 9.67. The van der Waals surface area contributed by atoms with Gasteiger partial charge in [-0.25, -0.2) is 4.79 Å². The van der Waals surface area contributed by atoms with E-state index in [1.54, 1.807) is 18.2 Å². The number of nitrogens with one attached hydrogen (secondary N) is 1. The molecule has 0 aliphatic carbocycles. The van der Waals surface area contributed by atoms with Crippen molar-refractivity contribution in [2.24, 2.45) is 0 Å². The highest BCUT2D eigenvalue weighted by Gasteiger charge is 2.10. The molecule has 0 bridgehead atoms. The minimum absolute atomic E-state index is 0.267. The van der Waals surface area contributed by atoms with Crippen LogP contribution >= 0.6 is 0 Å². The summed E-state index contributed by atoms with van der Waals surface area (Å²) in [5, 5.41) is 11.4. The van der Waals surface area contributed by atoms with Gasteiger partial charge in [0.05, 0.1) is 17.2 Å². The molecule has 0 aliphatic heterocycles. The number of carbonyl (C=O) groups is 2. The van der Waals surface area contributed by atoms with E-state index in [2.05, 4.69) is 12.2 Å². The van der Waals surface area contributed by atoms with Gasteiger partial charge in [0.15, 0.2) is 6.61 Å². The Morgan fingerprint density at radius 2 is 2.15 bits per heavy atom. The van der Waals surface area contributed by atoms with Crippen molar-refractivity contribution < 1.29 is 14.3 Å². The van der Waals surface area contributed by atoms with E-state index in [-0.39, 0.29) is 18.1 Å². The van der Waals surface area contributed by atoms with Gasteiger partial charge in [-0.3, -0.25) is 4.79 Å². The van der Waals surface area contributed by atoms with Crippen LogP contribution in [0, 0.1) is 11.3 Å². The molecule has 1 N–H and O–H groups in total. The molecule has 106 valence electrons. The van der Waals surface area contributed by atoms with Crippen molar-refractivity contribution in [3.05, 3.63) is 35.4 Å². The second-order valence-corrected chi connectivity index (χ2v) is 4.33. The summed E-state index contributed by atoms with van der Waals surface area (Å²) in [5.74, 6) is -0.920. The van der Waals surface area contributed by atoms with E-state index in [1.807, 2.05) is 6.07 Å². The minimum atomic E-state index is -0.606. The van der Waals surface area contributed by atoms with E-state index in [4.69, 9.17) is 10.00 Å². The maximum atomic E-state index is 11.7. The Bertz CT molecular complexity index is 506. The van der Waals surface area contributed by atoms with Crippen LogP contribution in [0.1, 0.15) is 42.1 Å². The minimum Gasteiger partial charge on any atom is -0.452 e. The summed E-state index contributed by atoms with van der Waals surface area (Å²) in [6, 6.07) is 8.11. The molecular formula is C15H18N2O3. The van der Waals surface area contributed by atoms with E-state index in [1.165, 1.54) is 6.07 Å². The molecule has 0 fully saturated rings. The van der Waals surface area contributed by atoms with Crippen LogP contribution in [-0.2, 0) is 9.53 Å². The zero-order valence-electron chi connectivity index (χ0n) is 11.5. The summed E-state index contributed by atoms with van der Waals surface area (Å²) in [6.07, 6.45) is 3.06. The highest BCUT2D eigenvalue weighted by atomic mass is 16.5. The Kier molecular flexibility index (Phi) is 6.83. The maximum Gasteiger partial charge on any atom is 0.338 e. The molecule has 20 heavy (non-hydrogen) atoms. The highest BCUT2D eigenvalue weighted by Crippen LogP contribution is 2.05. The second-order valence-electron chi connectivity index (χ2n) is 4.33. The Morgan fingerprint density at radius 3 is 2.85 bits per heavy atom. The Hall–Kier alpha value is -2.35. The molecule has 0 heterocycles. The molecular weight excluding hydrogens is 256 g/mol. The van der Waals surface area contributed by atoms with Crippen LogP contribution < -0.4 is 5.32 Å². The molecule has 0 saturated carbocycles. The first-order valence-corrected chi connectivity index (χ1v) is 6.61. The zero-order chi connectivity index (χ0) is 14.8. The number of rotatable bonds is 7. The average Bonchev–Trinajstić information content (AvgIpc) is 2.49. The van der Waals surface area contributed by atoms with Crippen molar-refractivity contribution in [1.29, 1.82) is 5.26 Å². The van der Waals surface area contributed by atoms with Gasteiger partial charge in [-0.1, -0.05) is 25.8 Å². The first-order valence-electron chi connectivity index (χ1n) is 6.61. The average molecular weight is 274 g/mol. The lowest BCUT2D eigenvalue weighted by atomic mass is 10.1. The van der Waals surface area contributed by atoms with Gasteiger partial charge < -0.3 is 10.1 Å². The lowest BCUT2D eigenvalue weighted by Crippen LogP contribution is -2.29. The normalized spacial score (nSPS) is 9.60. The summed E-state index contributed by atoms with van der Waals surface area (Å²) in [6.45, 7) is 2.37. The van der Waals surface area contributed by atoms with Crippen LogP contribution in [0.2, 0.25) is 0 Å². The molecule has 5 nitrogen and oxygen atoms in total. The Labute approximate surface area is 118 Å². The quantitative estimate of drug-likeness (QED) is 0.609. The maximum absolute atomic E-state index is 11.7. The third-order valence-electron chi connectivity index (χ3n) is 2.66. The molecule has 5 heteroatoms. The van der Waals surface area contributed by atoms with Crippen molar-refractivity contribution in [1.82, 2.24) is 5.32 Å². The van der Waals surface area contributed by atoms with E-state index in [0.29, 0.717) is 12.1 Å². The molecule has 0 aromatic heterocycles. The predicted octanol–water partition coefficient (Wildman–Crippen LogP) is 2.02. The van der Waals surface area contributed by atoms with Gasteiger partial charge in [-0.15, -0.1) is 0 Å². The number of nitriles is 1. The summed E-state index contributed by atoms with van der Waals surface area (Å²) >= 11 is 0. The second kappa shape index (κ2) is 8.70. The SMILES string of the molecule is CCCCCNC(=O)COC(=O)c1cccc(C#N)c1. The van der Waals surface area contributed by atoms with E-state index >= 15 is 0 Å². The lowest BCUT2D eigenvalue weighted by molar-refractivity contribution is -0.124. The van der Waals surface area contributed by atoms with Crippen LogP contribution in [0.25, 0.3) is 0 Å². The first kappa shape index (κ1) is 15.7. The Morgan fingerprint density at radius 1 is 1.35 bits per heavy atom. The highest BCUT2D eigenvalue weighted by molar-refractivity contribution is 5.91. The fourth-order valence-electron chi connectivity index (χ4n) is 1.58. The molecule has 0 aliphatic rings. The molecule has 0 atom stereocenters. The molecule has 1 amide bonds. The third-order valence-corrected chi connectivity index (χ3v) is 2.66. The Balaban J connectivity index is 2.35. The number of unbranched alkanes of at least 4 members (excludes halogenated alkanes) is 2. The molecule has 1 aromatic rings. The number of nitrogens with zero attached hydrogens (tertiary/aromatic N) is 1. The van der Waals surface area contributed by atoms with Crippen LogP contribution in [0.15, 0.2) is 24.3 Å². The predicted molar refractivity (Wildman–Crippen MR) is 74.0 cm³/mol. The number of amides is 1. The van der Waals surface area contributed by atoms with Gasteiger partial charge in [0.1, 0.15) is 0 Å². The summed E-state index contributed by atoms with van der Waals surface area (Å²) < 4.78 is 4.89. The molecule has 0 spiro atoms. The van der Waals surface area contributed by atoms with Gasteiger partial charge >= 0.3 is 5.97 Å². The van der Waals surface area contributed by atoms with E-state index < -0.39 is 5.97 Å². The van der Waals surface area contributed by atoms with Crippen LogP contribution in [0.4, 0.5) is 0 Å². The van der Waals surface area contributed by atoms with Gasteiger partial charge in [0.2, 0.25) is 0 Å². The van der Waals surface area contributed by atoms with Gasteiger partial charge in [-0.2, -0.15) is 5.26 Å². The fourth-order valence-corrected chi connectivity index (χ4v) is 1.58. The van der Waals surface area contributed by atoms with Crippen molar-refractivity contribution >= 4 is 11.9 Å². The van der Waals surface area contributed by atoms with Gasteiger partial charge in [-0.05, 0) is 24.6 Å². The van der Waals surface area contributed by atoms with Crippen molar-refractivity contribution in [2.75, 3.05) is 13.2 Å². The van der Waals surface area contributed by atoms with Crippen molar-refractivity contribution in [3.63, 3.8) is 0 Å². The van der Waals surface area contributed by atoms with E-state index in [9.17, 15) is 9.59 Å². The molecule has 0 saturated heterocycles.